The highest BCUT2D eigenvalue weighted by Crippen LogP contribution is 2.29. The minimum absolute atomic E-state index is 0.784. The third-order valence-electron chi connectivity index (χ3n) is 5.98. The van der Waals surface area contributed by atoms with Crippen molar-refractivity contribution in [1.29, 1.82) is 0 Å². The van der Waals surface area contributed by atoms with Crippen LogP contribution in [-0.2, 0) is 14.2 Å². The summed E-state index contributed by atoms with van der Waals surface area (Å²) in [6, 6.07) is -1.51. The van der Waals surface area contributed by atoms with Gasteiger partial charge in [-0.25, -0.2) is 0 Å². The Balaban J connectivity index is 2.09. The van der Waals surface area contributed by atoms with Crippen molar-refractivity contribution in [2.75, 3.05) is 19.8 Å². The third-order valence-corrected chi connectivity index (χ3v) is 5.98. The van der Waals surface area contributed by atoms with Gasteiger partial charge in [0.15, 0.2) is 12.6 Å². The molecule has 208 valence electrons. The average Bonchev–Trinajstić information content (AvgIpc) is 2.85. The number of ether oxygens (including phenoxy) is 3. The van der Waals surface area contributed by atoms with Gasteiger partial charge >= 0.3 is 0 Å². The monoisotopic (exact) mass is 521 g/mol. The fourth-order valence-corrected chi connectivity index (χ4v) is 3.82. The van der Waals surface area contributed by atoms with E-state index in [4.69, 9.17) is 19.3 Å². The molecule has 0 aromatic carbocycles. The van der Waals surface area contributed by atoms with E-state index in [0.717, 1.165) is 0 Å². The van der Waals surface area contributed by atoms with E-state index in [-0.39, 0.29) is 0 Å². The van der Waals surface area contributed by atoms with Crippen molar-refractivity contribution in [3.63, 3.8) is 0 Å². The van der Waals surface area contributed by atoms with E-state index in [2.05, 4.69) is 5.32 Å². The first-order valence-corrected chi connectivity index (χ1v) is 10.7. The largest absolute Gasteiger partial charge is 0.394 e. The van der Waals surface area contributed by atoms with Crippen LogP contribution in [0.1, 0.15) is 0 Å². The smallest absolute Gasteiger partial charge is 0.187 e. The predicted molar refractivity (Wildman–Crippen MR) is 107 cm³/mol. The quantitative estimate of drug-likeness (QED) is 0.112. The zero-order chi connectivity index (χ0) is 26.6. The molecule has 0 bridgehead atoms. The molecule has 0 aliphatic carbocycles. The van der Waals surface area contributed by atoms with Crippen LogP contribution in [0.2, 0.25) is 0 Å². The lowest BCUT2D eigenvalue weighted by molar-refractivity contribution is -0.348. The van der Waals surface area contributed by atoms with E-state index >= 15 is 0 Å². The van der Waals surface area contributed by atoms with Gasteiger partial charge < -0.3 is 80.6 Å². The molecule has 2 aliphatic rings. The van der Waals surface area contributed by atoms with Gasteiger partial charge in [0, 0.05) is 0 Å². The Morgan fingerprint density at radius 2 is 1.29 bits per heavy atom. The Morgan fingerprint density at radius 1 is 0.686 bits per heavy atom. The Labute approximate surface area is 198 Å². The molecule has 2 rings (SSSR count). The van der Waals surface area contributed by atoms with Crippen LogP contribution in [0, 0.1) is 0 Å². The SMILES string of the molecule is OCC(O)C(O)C(O)C(O)C(O)N[C@H]1[C@H](O)[C@@H](O)[C@@H](O[C@H]2[C@H](O)[C@@H](O)C(O)O[C@@H]2CO)O[C@@H]1CO. The van der Waals surface area contributed by atoms with Crippen molar-refractivity contribution in [1.82, 2.24) is 5.32 Å². The van der Waals surface area contributed by atoms with Crippen molar-refractivity contribution in [3.05, 3.63) is 0 Å². The predicted octanol–water partition coefficient (Wildman–Crippen LogP) is -9.05. The molecular formula is C18H35NO16. The number of rotatable bonds is 11. The molecule has 15 atom stereocenters. The summed E-state index contributed by atoms with van der Waals surface area (Å²) in [4.78, 5) is 0. The summed E-state index contributed by atoms with van der Waals surface area (Å²) < 4.78 is 15.7. The maximum absolute atomic E-state index is 10.5. The van der Waals surface area contributed by atoms with Gasteiger partial charge in [-0.15, -0.1) is 0 Å². The van der Waals surface area contributed by atoms with Gasteiger partial charge in [0.05, 0.1) is 25.9 Å². The molecule has 6 unspecified atom stereocenters. The van der Waals surface area contributed by atoms with E-state index in [1.165, 1.54) is 0 Å². The Kier molecular flexibility index (Phi) is 11.5. The lowest BCUT2D eigenvalue weighted by Crippen LogP contribution is -2.69. The molecule has 2 saturated heterocycles. The normalized spacial score (nSPS) is 42.8. The molecular weight excluding hydrogens is 486 g/mol. The maximum Gasteiger partial charge on any atom is 0.187 e. The lowest BCUT2D eigenvalue weighted by Gasteiger charge is -2.47. The zero-order valence-corrected chi connectivity index (χ0v) is 18.3. The Hall–Kier alpha value is -0.680. The van der Waals surface area contributed by atoms with Gasteiger partial charge in [0.25, 0.3) is 0 Å². The average molecular weight is 521 g/mol. The summed E-state index contributed by atoms with van der Waals surface area (Å²) in [6.07, 6.45) is -25.9. The van der Waals surface area contributed by atoms with E-state index in [0.29, 0.717) is 0 Å². The number of hydrogen-bond donors (Lipinski definition) is 14. The summed E-state index contributed by atoms with van der Waals surface area (Å²) in [5.74, 6) is 0. The third kappa shape index (κ3) is 6.80. The molecule has 17 heteroatoms. The molecule has 17 nitrogen and oxygen atoms in total. The van der Waals surface area contributed by atoms with Gasteiger partial charge in [-0.2, -0.15) is 0 Å². The minimum Gasteiger partial charge on any atom is -0.394 e. The molecule has 14 N–H and O–H groups in total. The van der Waals surface area contributed by atoms with Crippen molar-refractivity contribution < 1.29 is 80.6 Å². The van der Waals surface area contributed by atoms with E-state index < -0.39 is 112 Å². The van der Waals surface area contributed by atoms with Gasteiger partial charge in [0.1, 0.15) is 73.4 Å². The number of nitrogens with one attached hydrogen (secondary N) is 1. The number of aliphatic hydroxyl groups is 13. The van der Waals surface area contributed by atoms with Crippen LogP contribution < -0.4 is 5.32 Å². The molecule has 2 fully saturated rings. The summed E-state index contributed by atoms with van der Waals surface area (Å²) in [5, 5.41) is 130. The van der Waals surface area contributed by atoms with Crippen LogP contribution in [-0.4, -0.2) is 178 Å². The second kappa shape index (κ2) is 13.2. The van der Waals surface area contributed by atoms with Crippen molar-refractivity contribution in [2.45, 2.75) is 92.0 Å². The number of hydrogen-bond acceptors (Lipinski definition) is 17. The van der Waals surface area contributed by atoms with Crippen LogP contribution in [0.3, 0.4) is 0 Å². The molecule has 2 heterocycles. The fraction of sp³-hybridized carbons (Fsp3) is 1.00. The van der Waals surface area contributed by atoms with Crippen LogP contribution >= 0.6 is 0 Å². The summed E-state index contributed by atoms with van der Waals surface area (Å²) in [7, 11) is 0. The molecule has 2 aliphatic heterocycles. The molecule has 0 spiro atoms. The van der Waals surface area contributed by atoms with Gasteiger partial charge in [-0.3, -0.25) is 5.32 Å². The van der Waals surface area contributed by atoms with E-state index in [1.54, 1.807) is 0 Å². The summed E-state index contributed by atoms with van der Waals surface area (Å²) in [6.45, 7) is -2.60. The van der Waals surface area contributed by atoms with Crippen LogP contribution in [0.15, 0.2) is 0 Å². The first kappa shape index (κ1) is 30.5. The van der Waals surface area contributed by atoms with Gasteiger partial charge in [-0.1, -0.05) is 0 Å². The minimum atomic E-state index is -2.18. The first-order chi connectivity index (χ1) is 16.4. The van der Waals surface area contributed by atoms with Gasteiger partial charge in [0.2, 0.25) is 0 Å². The van der Waals surface area contributed by atoms with Gasteiger partial charge in [-0.05, 0) is 0 Å². The maximum atomic E-state index is 10.5. The van der Waals surface area contributed by atoms with E-state index in [1.807, 2.05) is 0 Å². The molecule has 0 saturated carbocycles. The second-order valence-corrected chi connectivity index (χ2v) is 8.40. The molecule has 0 amide bonds. The van der Waals surface area contributed by atoms with Crippen LogP contribution in [0.25, 0.3) is 0 Å². The van der Waals surface area contributed by atoms with Crippen LogP contribution in [0.5, 0.6) is 0 Å². The Morgan fingerprint density at radius 3 is 1.83 bits per heavy atom. The molecule has 35 heavy (non-hydrogen) atoms. The highest BCUT2D eigenvalue weighted by atomic mass is 16.7. The Bertz CT molecular complexity index is 629. The molecule has 0 aromatic heterocycles. The van der Waals surface area contributed by atoms with Crippen molar-refractivity contribution >= 4 is 0 Å². The van der Waals surface area contributed by atoms with Crippen LogP contribution in [0.4, 0.5) is 0 Å². The zero-order valence-electron chi connectivity index (χ0n) is 18.3. The molecule has 0 aromatic rings. The lowest BCUT2D eigenvalue weighted by atomic mass is 9.94. The topological polar surface area (TPSA) is 303 Å². The second-order valence-electron chi connectivity index (χ2n) is 8.40. The highest BCUT2D eigenvalue weighted by Gasteiger charge is 2.51. The first-order valence-electron chi connectivity index (χ1n) is 10.7. The highest BCUT2D eigenvalue weighted by molar-refractivity contribution is 4.98. The number of aliphatic hydroxyl groups excluding tert-OH is 13. The van der Waals surface area contributed by atoms with Crippen molar-refractivity contribution in [3.8, 4) is 0 Å². The standard InChI is InChI=1S/C18H35NO16/c20-1-4(23)8(24)10(26)12(28)16(31)19-7-5(2-21)34-18(14(30)9(7)25)35-15-6(3-22)33-17(32)13(29)11(15)27/h4-32H,1-3H2/t4?,5-,6-,7-,8?,9+,10?,11-,12?,13-,14-,15-,16?,17?,18-/m1/s1. The van der Waals surface area contributed by atoms with E-state index in [9.17, 15) is 61.3 Å². The molecule has 0 radical (unpaired) electrons. The summed E-state index contributed by atoms with van der Waals surface area (Å²) in [5.41, 5.74) is 0. The summed E-state index contributed by atoms with van der Waals surface area (Å²) >= 11 is 0. The van der Waals surface area contributed by atoms with Crippen molar-refractivity contribution in [2.24, 2.45) is 0 Å². The fourth-order valence-electron chi connectivity index (χ4n) is 3.82.